The lowest BCUT2D eigenvalue weighted by molar-refractivity contribution is -0.123. The molecule has 16 heavy (non-hydrogen) atoms. The molecule has 3 nitrogen and oxygen atoms in total. The first-order chi connectivity index (χ1) is 7.58. The maximum atomic E-state index is 11.7. The molecule has 1 aliphatic carbocycles. The fraction of sp³-hybridized carbons (Fsp3) is 0.462. The van der Waals surface area contributed by atoms with Crippen molar-refractivity contribution in [3.05, 3.63) is 35.4 Å². The molecule has 1 fully saturated rings. The molecule has 0 radical (unpaired) electrons. The first-order valence-electron chi connectivity index (χ1n) is 5.70. The molecule has 3 unspecified atom stereocenters. The van der Waals surface area contributed by atoms with Crippen LogP contribution in [0.4, 0.5) is 0 Å². The molecule has 1 saturated carbocycles. The van der Waals surface area contributed by atoms with Crippen LogP contribution in [0.15, 0.2) is 24.3 Å². The second-order valence-electron chi connectivity index (χ2n) is 4.65. The number of carbonyl (C=O) groups is 1. The molecule has 1 amide bonds. The number of benzene rings is 1. The van der Waals surface area contributed by atoms with Crippen molar-refractivity contribution in [3.63, 3.8) is 0 Å². The second kappa shape index (κ2) is 4.26. The van der Waals surface area contributed by atoms with Gasteiger partial charge in [-0.3, -0.25) is 4.79 Å². The Morgan fingerprint density at radius 2 is 2.00 bits per heavy atom. The van der Waals surface area contributed by atoms with Crippen molar-refractivity contribution in [2.24, 2.45) is 11.7 Å². The van der Waals surface area contributed by atoms with E-state index in [1.807, 2.05) is 19.1 Å². The topological polar surface area (TPSA) is 55.1 Å². The SMILES string of the molecule is Cc1ccc(C(C)NC(=O)C2CC2N)cc1. The molecule has 2 rings (SSSR count). The minimum atomic E-state index is 0.0351. The molecular weight excluding hydrogens is 200 g/mol. The molecule has 0 aromatic heterocycles. The number of hydrogen-bond donors (Lipinski definition) is 2. The maximum Gasteiger partial charge on any atom is 0.225 e. The van der Waals surface area contributed by atoms with E-state index in [1.54, 1.807) is 0 Å². The lowest BCUT2D eigenvalue weighted by Crippen LogP contribution is -2.29. The monoisotopic (exact) mass is 218 g/mol. The lowest BCUT2D eigenvalue weighted by Gasteiger charge is -2.14. The predicted molar refractivity (Wildman–Crippen MR) is 63.8 cm³/mol. The highest BCUT2D eigenvalue weighted by molar-refractivity contribution is 5.82. The van der Waals surface area contributed by atoms with E-state index in [0.29, 0.717) is 0 Å². The van der Waals surface area contributed by atoms with Crippen molar-refractivity contribution >= 4 is 5.91 Å². The molecular formula is C13H18N2O. The number of aryl methyl sites for hydroxylation is 1. The Hall–Kier alpha value is -1.35. The summed E-state index contributed by atoms with van der Waals surface area (Å²) in [6.07, 6.45) is 0.826. The quantitative estimate of drug-likeness (QED) is 0.808. The van der Waals surface area contributed by atoms with E-state index >= 15 is 0 Å². The average Bonchev–Trinajstić information content (AvgIpc) is 2.96. The van der Waals surface area contributed by atoms with Gasteiger partial charge < -0.3 is 11.1 Å². The number of nitrogens with one attached hydrogen (secondary N) is 1. The third kappa shape index (κ3) is 2.42. The highest BCUT2D eigenvalue weighted by Gasteiger charge is 2.40. The van der Waals surface area contributed by atoms with Crippen LogP contribution in [0.2, 0.25) is 0 Å². The first-order valence-corrected chi connectivity index (χ1v) is 5.70. The lowest BCUT2D eigenvalue weighted by atomic mass is 10.1. The van der Waals surface area contributed by atoms with Gasteiger partial charge in [-0.1, -0.05) is 29.8 Å². The van der Waals surface area contributed by atoms with Crippen molar-refractivity contribution in [2.45, 2.75) is 32.4 Å². The third-order valence-electron chi connectivity index (χ3n) is 3.11. The molecule has 0 saturated heterocycles. The van der Waals surface area contributed by atoms with Crippen LogP contribution in [-0.4, -0.2) is 11.9 Å². The molecule has 1 aromatic rings. The van der Waals surface area contributed by atoms with E-state index in [0.717, 1.165) is 12.0 Å². The molecule has 0 bridgehead atoms. The van der Waals surface area contributed by atoms with Gasteiger partial charge >= 0.3 is 0 Å². The summed E-state index contributed by atoms with van der Waals surface area (Å²) < 4.78 is 0. The van der Waals surface area contributed by atoms with Gasteiger partial charge in [0.15, 0.2) is 0 Å². The number of hydrogen-bond acceptors (Lipinski definition) is 2. The van der Waals surface area contributed by atoms with Crippen LogP contribution in [0.3, 0.4) is 0 Å². The largest absolute Gasteiger partial charge is 0.349 e. The van der Waals surface area contributed by atoms with E-state index in [4.69, 9.17) is 5.73 Å². The standard InChI is InChI=1S/C13H18N2O/c1-8-3-5-10(6-4-8)9(2)15-13(16)11-7-12(11)14/h3-6,9,11-12H,7,14H2,1-2H3,(H,15,16). The molecule has 3 N–H and O–H groups in total. The van der Waals surface area contributed by atoms with Gasteiger partial charge in [0.25, 0.3) is 0 Å². The first kappa shape index (κ1) is 11.1. The molecule has 0 spiro atoms. The number of carbonyl (C=O) groups excluding carboxylic acids is 1. The van der Waals surface area contributed by atoms with Gasteiger partial charge in [-0.25, -0.2) is 0 Å². The van der Waals surface area contributed by atoms with Crippen LogP contribution in [-0.2, 0) is 4.79 Å². The predicted octanol–water partition coefficient (Wildman–Crippen LogP) is 1.52. The minimum absolute atomic E-state index is 0.0351. The van der Waals surface area contributed by atoms with Gasteiger partial charge in [0.2, 0.25) is 5.91 Å². The molecule has 0 aliphatic heterocycles. The second-order valence-corrected chi connectivity index (χ2v) is 4.65. The molecule has 86 valence electrons. The summed E-state index contributed by atoms with van der Waals surface area (Å²) in [4.78, 5) is 11.7. The maximum absolute atomic E-state index is 11.7. The number of amides is 1. The Kier molecular flexibility index (Phi) is 2.97. The Labute approximate surface area is 96.0 Å². The summed E-state index contributed by atoms with van der Waals surface area (Å²) in [6.45, 7) is 4.05. The Morgan fingerprint density at radius 3 is 2.50 bits per heavy atom. The van der Waals surface area contributed by atoms with Crippen molar-refractivity contribution in [1.82, 2.24) is 5.32 Å². The zero-order valence-corrected chi connectivity index (χ0v) is 9.73. The fourth-order valence-corrected chi connectivity index (χ4v) is 1.78. The Morgan fingerprint density at radius 1 is 1.44 bits per heavy atom. The smallest absolute Gasteiger partial charge is 0.225 e. The van der Waals surface area contributed by atoms with Crippen LogP contribution in [0.1, 0.15) is 30.5 Å². The van der Waals surface area contributed by atoms with Crippen molar-refractivity contribution < 1.29 is 4.79 Å². The van der Waals surface area contributed by atoms with Crippen LogP contribution in [0.25, 0.3) is 0 Å². The van der Waals surface area contributed by atoms with Crippen molar-refractivity contribution in [1.29, 1.82) is 0 Å². The van der Waals surface area contributed by atoms with Crippen LogP contribution >= 0.6 is 0 Å². The summed E-state index contributed by atoms with van der Waals surface area (Å²) in [6, 6.07) is 8.34. The summed E-state index contributed by atoms with van der Waals surface area (Å²) in [5.74, 6) is 0.119. The normalized spacial score (nSPS) is 24.9. The van der Waals surface area contributed by atoms with Crippen LogP contribution < -0.4 is 11.1 Å². The van der Waals surface area contributed by atoms with Crippen molar-refractivity contribution in [2.75, 3.05) is 0 Å². The number of rotatable bonds is 3. The summed E-state index contributed by atoms with van der Waals surface area (Å²) in [5.41, 5.74) is 8.00. The van der Waals surface area contributed by atoms with E-state index in [-0.39, 0.29) is 23.9 Å². The van der Waals surface area contributed by atoms with E-state index in [1.165, 1.54) is 5.56 Å². The fourth-order valence-electron chi connectivity index (χ4n) is 1.78. The van der Waals surface area contributed by atoms with Gasteiger partial charge in [0, 0.05) is 6.04 Å². The van der Waals surface area contributed by atoms with E-state index in [2.05, 4.69) is 24.4 Å². The van der Waals surface area contributed by atoms with E-state index in [9.17, 15) is 4.79 Å². The van der Waals surface area contributed by atoms with Gasteiger partial charge in [0.1, 0.15) is 0 Å². The van der Waals surface area contributed by atoms with Gasteiger partial charge in [-0.05, 0) is 25.8 Å². The summed E-state index contributed by atoms with van der Waals surface area (Å²) in [7, 11) is 0. The van der Waals surface area contributed by atoms with Crippen LogP contribution in [0, 0.1) is 12.8 Å². The van der Waals surface area contributed by atoms with E-state index < -0.39 is 0 Å². The summed E-state index contributed by atoms with van der Waals surface area (Å²) >= 11 is 0. The zero-order valence-electron chi connectivity index (χ0n) is 9.73. The average molecular weight is 218 g/mol. The third-order valence-corrected chi connectivity index (χ3v) is 3.11. The highest BCUT2D eigenvalue weighted by atomic mass is 16.2. The van der Waals surface area contributed by atoms with Gasteiger partial charge in [-0.2, -0.15) is 0 Å². The molecule has 1 aromatic carbocycles. The number of nitrogens with two attached hydrogens (primary N) is 1. The molecule has 1 aliphatic rings. The van der Waals surface area contributed by atoms with Crippen molar-refractivity contribution in [3.8, 4) is 0 Å². The Balaban J connectivity index is 1.94. The highest BCUT2D eigenvalue weighted by Crippen LogP contribution is 2.28. The Bertz CT molecular complexity index is 385. The van der Waals surface area contributed by atoms with Gasteiger partial charge in [-0.15, -0.1) is 0 Å². The van der Waals surface area contributed by atoms with Gasteiger partial charge in [0.05, 0.1) is 12.0 Å². The molecule has 3 atom stereocenters. The summed E-state index contributed by atoms with van der Waals surface area (Å²) in [5, 5.41) is 2.99. The molecule has 0 heterocycles. The zero-order chi connectivity index (χ0) is 11.7. The minimum Gasteiger partial charge on any atom is -0.349 e. The van der Waals surface area contributed by atoms with Crippen LogP contribution in [0.5, 0.6) is 0 Å². The molecule has 3 heteroatoms.